The smallest absolute Gasteiger partial charge is 0.338 e. The van der Waals surface area contributed by atoms with Crippen LogP contribution < -0.4 is 19.1 Å². The Morgan fingerprint density at radius 1 is 0.943 bits per heavy atom. The summed E-state index contributed by atoms with van der Waals surface area (Å²) in [4.78, 5) is 26.5. The maximum Gasteiger partial charge on any atom is 0.338 e. The molecule has 1 aliphatic heterocycles. The Labute approximate surface area is 203 Å². The highest BCUT2D eigenvalue weighted by Gasteiger charge is 2.24. The van der Waals surface area contributed by atoms with Crippen LogP contribution >= 0.6 is 0 Å². The molecule has 9 nitrogen and oxygen atoms in total. The first-order valence-electron chi connectivity index (χ1n) is 10.8. The number of sulfonamides is 1. The predicted molar refractivity (Wildman–Crippen MR) is 129 cm³/mol. The minimum absolute atomic E-state index is 0.0140. The van der Waals surface area contributed by atoms with E-state index in [0.717, 1.165) is 0 Å². The number of anilines is 2. The Kier molecular flexibility index (Phi) is 6.92. The number of hydrogen-bond donors (Lipinski definition) is 1. The molecule has 1 unspecified atom stereocenters. The molecule has 0 spiro atoms. The molecule has 182 valence electrons. The van der Waals surface area contributed by atoms with Gasteiger partial charge in [0.05, 0.1) is 10.5 Å². The van der Waals surface area contributed by atoms with Crippen molar-refractivity contribution in [3.8, 4) is 11.5 Å². The molecule has 35 heavy (non-hydrogen) atoms. The van der Waals surface area contributed by atoms with Crippen molar-refractivity contribution in [2.75, 3.05) is 29.9 Å². The standard InChI is InChI=1S/C25H24N2O7S/c1-17(24(28)27(2)20-6-4-3-5-7-20)34-25(29)18-8-10-19(11-9-18)26-35(30,31)21-12-13-22-23(16-21)33-15-14-32-22/h3-13,16-17,26H,14-15H2,1-2H3. The molecule has 0 radical (unpaired) electrons. The van der Waals surface area contributed by atoms with Crippen LogP contribution in [-0.2, 0) is 19.6 Å². The maximum absolute atomic E-state index is 12.8. The van der Waals surface area contributed by atoms with Gasteiger partial charge in [-0.15, -0.1) is 0 Å². The molecule has 0 bridgehead atoms. The number of nitrogens with one attached hydrogen (secondary N) is 1. The van der Waals surface area contributed by atoms with Gasteiger partial charge in [0, 0.05) is 24.5 Å². The van der Waals surface area contributed by atoms with E-state index in [1.165, 1.54) is 48.2 Å². The van der Waals surface area contributed by atoms with Crippen molar-refractivity contribution in [2.45, 2.75) is 17.9 Å². The van der Waals surface area contributed by atoms with Gasteiger partial charge in [-0.2, -0.15) is 0 Å². The average Bonchev–Trinajstić information content (AvgIpc) is 2.88. The Morgan fingerprint density at radius 2 is 1.60 bits per heavy atom. The monoisotopic (exact) mass is 496 g/mol. The first-order chi connectivity index (χ1) is 16.7. The highest BCUT2D eigenvalue weighted by Crippen LogP contribution is 2.32. The summed E-state index contributed by atoms with van der Waals surface area (Å²) in [5.74, 6) is -0.235. The zero-order valence-corrected chi connectivity index (χ0v) is 19.9. The van der Waals surface area contributed by atoms with Crippen LogP contribution in [0.1, 0.15) is 17.3 Å². The summed E-state index contributed by atoms with van der Waals surface area (Å²) < 4.78 is 44.2. The van der Waals surface area contributed by atoms with Gasteiger partial charge >= 0.3 is 5.97 Å². The second-order valence-electron chi connectivity index (χ2n) is 7.77. The lowest BCUT2D eigenvalue weighted by molar-refractivity contribution is -0.126. The lowest BCUT2D eigenvalue weighted by Crippen LogP contribution is -2.37. The summed E-state index contributed by atoms with van der Waals surface area (Å²) >= 11 is 0. The fraction of sp³-hybridized carbons (Fsp3) is 0.200. The van der Waals surface area contributed by atoms with Crippen molar-refractivity contribution >= 4 is 33.3 Å². The second kappa shape index (κ2) is 10.1. The number of amides is 1. The summed E-state index contributed by atoms with van der Waals surface area (Å²) in [6, 6.07) is 19.1. The Bertz CT molecular complexity index is 1330. The molecule has 0 saturated heterocycles. The lowest BCUT2D eigenvalue weighted by Gasteiger charge is -2.21. The molecule has 10 heteroatoms. The molecular weight excluding hydrogens is 472 g/mol. The number of rotatable bonds is 7. The fourth-order valence-electron chi connectivity index (χ4n) is 3.41. The van der Waals surface area contributed by atoms with E-state index in [1.807, 2.05) is 6.07 Å². The maximum atomic E-state index is 12.8. The first-order valence-corrected chi connectivity index (χ1v) is 12.3. The Morgan fingerprint density at radius 3 is 2.29 bits per heavy atom. The average molecular weight is 497 g/mol. The number of carbonyl (C=O) groups excluding carboxylic acids is 2. The molecule has 1 N–H and O–H groups in total. The minimum Gasteiger partial charge on any atom is -0.486 e. The van der Waals surface area contributed by atoms with Gasteiger partial charge < -0.3 is 19.1 Å². The molecule has 1 atom stereocenters. The minimum atomic E-state index is -3.90. The van der Waals surface area contributed by atoms with E-state index in [1.54, 1.807) is 37.4 Å². The van der Waals surface area contributed by atoms with E-state index in [2.05, 4.69) is 4.72 Å². The van der Waals surface area contributed by atoms with E-state index in [0.29, 0.717) is 30.4 Å². The van der Waals surface area contributed by atoms with Crippen molar-refractivity contribution < 1.29 is 32.2 Å². The number of benzene rings is 3. The number of hydrogen-bond acceptors (Lipinski definition) is 7. The van der Waals surface area contributed by atoms with Crippen molar-refractivity contribution in [1.29, 1.82) is 0 Å². The summed E-state index contributed by atoms with van der Waals surface area (Å²) in [6.07, 6.45) is -1.01. The number of para-hydroxylation sites is 1. The number of ether oxygens (including phenoxy) is 3. The van der Waals surface area contributed by atoms with Gasteiger partial charge in [-0.1, -0.05) is 18.2 Å². The van der Waals surface area contributed by atoms with Crippen molar-refractivity contribution in [2.24, 2.45) is 0 Å². The van der Waals surface area contributed by atoms with Crippen LogP contribution in [0.2, 0.25) is 0 Å². The zero-order chi connectivity index (χ0) is 25.0. The van der Waals surface area contributed by atoms with E-state index in [-0.39, 0.29) is 22.1 Å². The van der Waals surface area contributed by atoms with Crippen LogP contribution in [-0.4, -0.2) is 46.7 Å². The van der Waals surface area contributed by atoms with Gasteiger partial charge in [0.2, 0.25) is 0 Å². The summed E-state index contributed by atoms with van der Waals surface area (Å²) in [7, 11) is -2.30. The molecule has 3 aromatic rings. The first kappa shape index (κ1) is 24.1. The van der Waals surface area contributed by atoms with Gasteiger partial charge in [-0.05, 0) is 55.5 Å². The largest absolute Gasteiger partial charge is 0.486 e. The molecule has 4 rings (SSSR count). The molecule has 0 aliphatic carbocycles. The van der Waals surface area contributed by atoms with Crippen LogP contribution in [0.4, 0.5) is 11.4 Å². The molecule has 1 amide bonds. The Hall–Kier alpha value is -4.05. The number of fused-ring (bicyclic) bond motifs is 1. The molecule has 0 saturated carbocycles. The second-order valence-corrected chi connectivity index (χ2v) is 9.45. The van der Waals surface area contributed by atoms with Crippen LogP contribution in [0, 0.1) is 0 Å². The van der Waals surface area contributed by atoms with Crippen molar-refractivity contribution in [1.82, 2.24) is 0 Å². The number of nitrogens with zero attached hydrogens (tertiary/aromatic N) is 1. The van der Waals surface area contributed by atoms with Gasteiger partial charge in [-0.3, -0.25) is 9.52 Å². The van der Waals surface area contributed by atoms with Crippen LogP contribution in [0.5, 0.6) is 11.5 Å². The number of likely N-dealkylation sites (N-methyl/N-ethyl adjacent to an activating group) is 1. The van der Waals surface area contributed by atoms with Gasteiger partial charge in [0.1, 0.15) is 13.2 Å². The van der Waals surface area contributed by atoms with E-state index in [4.69, 9.17) is 14.2 Å². The summed E-state index contributed by atoms with van der Waals surface area (Å²) in [6.45, 7) is 2.24. The summed E-state index contributed by atoms with van der Waals surface area (Å²) in [5.41, 5.74) is 1.11. The van der Waals surface area contributed by atoms with E-state index < -0.39 is 22.1 Å². The number of carbonyl (C=O) groups is 2. The molecule has 1 heterocycles. The van der Waals surface area contributed by atoms with Crippen LogP contribution in [0.15, 0.2) is 77.7 Å². The van der Waals surface area contributed by atoms with E-state index >= 15 is 0 Å². The molecule has 0 fully saturated rings. The summed E-state index contributed by atoms with van der Waals surface area (Å²) in [5, 5.41) is 0. The third kappa shape index (κ3) is 5.55. The fourth-order valence-corrected chi connectivity index (χ4v) is 4.48. The van der Waals surface area contributed by atoms with E-state index in [9.17, 15) is 18.0 Å². The topological polar surface area (TPSA) is 111 Å². The zero-order valence-electron chi connectivity index (χ0n) is 19.1. The Balaban J connectivity index is 1.39. The molecule has 0 aromatic heterocycles. The van der Waals surface area contributed by atoms with Gasteiger partial charge in [0.25, 0.3) is 15.9 Å². The molecule has 3 aromatic carbocycles. The van der Waals surface area contributed by atoms with Gasteiger partial charge in [-0.25, -0.2) is 13.2 Å². The van der Waals surface area contributed by atoms with Crippen molar-refractivity contribution in [3.63, 3.8) is 0 Å². The van der Waals surface area contributed by atoms with Crippen LogP contribution in [0.3, 0.4) is 0 Å². The quantitative estimate of drug-likeness (QED) is 0.499. The van der Waals surface area contributed by atoms with Crippen LogP contribution in [0.25, 0.3) is 0 Å². The predicted octanol–water partition coefficient (Wildman–Crippen LogP) is 3.47. The number of esters is 1. The SMILES string of the molecule is CC(OC(=O)c1ccc(NS(=O)(=O)c2ccc3c(c2)OCCO3)cc1)C(=O)N(C)c1ccccc1. The van der Waals surface area contributed by atoms with Crippen molar-refractivity contribution in [3.05, 3.63) is 78.4 Å². The molecule has 1 aliphatic rings. The van der Waals surface area contributed by atoms with Gasteiger partial charge in [0.15, 0.2) is 17.6 Å². The highest BCUT2D eigenvalue weighted by molar-refractivity contribution is 7.92. The third-order valence-corrected chi connectivity index (χ3v) is 6.68. The lowest BCUT2D eigenvalue weighted by atomic mass is 10.2. The highest BCUT2D eigenvalue weighted by atomic mass is 32.2. The normalized spacial score (nSPS) is 13.4. The molecular formula is C25H24N2O7S. The third-order valence-electron chi connectivity index (χ3n) is 5.30.